The first kappa shape index (κ1) is 15.5. The highest BCUT2D eigenvalue weighted by Gasteiger charge is 2.14. The number of rotatable bonds is 6. The lowest BCUT2D eigenvalue weighted by Gasteiger charge is -2.16. The predicted molar refractivity (Wildman–Crippen MR) is 77.3 cm³/mol. The Labute approximate surface area is 121 Å². The van der Waals surface area contributed by atoms with E-state index >= 15 is 0 Å². The van der Waals surface area contributed by atoms with Gasteiger partial charge in [0.05, 0.1) is 0 Å². The second-order valence-electron chi connectivity index (χ2n) is 4.07. The van der Waals surface area contributed by atoms with Gasteiger partial charge in [-0.05, 0) is 37.1 Å². The average Bonchev–Trinajstić information content (AvgIpc) is 2.34. The van der Waals surface area contributed by atoms with E-state index in [-0.39, 0.29) is 11.9 Å². The Kier molecular flexibility index (Phi) is 6.68. The fraction of sp³-hybridized carbons (Fsp3) is 0.462. The molecule has 0 aromatic heterocycles. The van der Waals surface area contributed by atoms with Crippen LogP contribution in [0.15, 0.2) is 22.7 Å². The van der Waals surface area contributed by atoms with Crippen molar-refractivity contribution in [2.24, 2.45) is 0 Å². The second-order valence-corrected chi connectivity index (χ2v) is 5.29. The molecule has 1 N–H and O–H groups in total. The van der Waals surface area contributed by atoms with Gasteiger partial charge in [0.25, 0.3) is 5.91 Å². The normalized spacial score (nSPS) is 12.2. The minimum Gasteiger partial charge on any atom is -0.385 e. The van der Waals surface area contributed by atoms with Gasteiger partial charge in [0.2, 0.25) is 0 Å². The van der Waals surface area contributed by atoms with Crippen LogP contribution in [-0.4, -0.2) is 31.5 Å². The number of methoxy groups -OCH3 is 1. The molecule has 0 aliphatic carbocycles. The Balaban J connectivity index is 2.68. The number of hydrogen-bond acceptors (Lipinski definition) is 2. The predicted octanol–water partition coefficient (Wildman–Crippen LogP) is 3.13. The number of nitrogens with one attached hydrogen (secondary N) is 1. The Hall–Kier alpha value is -0.580. The van der Waals surface area contributed by atoms with E-state index in [1.54, 1.807) is 13.2 Å². The van der Waals surface area contributed by atoms with Gasteiger partial charge in [-0.1, -0.05) is 15.9 Å². The molecule has 18 heavy (non-hydrogen) atoms. The van der Waals surface area contributed by atoms with Crippen LogP contribution in [0.3, 0.4) is 0 Å². The fourth-order valence-electron chi connectivity index (χ4n) is 1.59. The van der Waals surface area contributed by atoms with Crippen molar-refractivity contribution in [2.45, 2.75) is 19.4 Å². The van der Waals surface area contributed by atoms with Crippen LogP contribution in [0.4, 0.5) is 0 Å². The number of aryl methyl sites for hydroxylation is 1. The third-order valence-electron chi connectivity index (χ3n) is 2.62. The van der Waals surface area contributed by atoms with Crippen LogP contribution < -0.4 is 5.32 Å². The lowest BCUT2D eigenvalue weighted by atomic mass is 10.1. The molecule has 0 heterocycles. The maximum atomic E-state index is 12.1. The molecule has 1 amide bonds. The van der Waals surface area contributed by atoms with Crippen molar-refractivity contribution in [3.8, 4) is 0 Å². The van der Waals surface area contributed by atoms with Crippen molar-refractivity contribution in [3.05, 3.63) is 33.8 Å². The van der Waals surface area contributed by atoms with E-state index in [9.17, 15) is 4.79 Å². The molecule has 1 rings (SSSR count). The van der Waals surface area contributed by atoms with Crippen LogP contribution in [0.25, 0.3) is 0 Å². The van der Waals surface area contributed by atoms with Crippen molar-refractivity contribution in [1.82, 2.24) is 5.32 Å². The van der Waals surface area contributed by atoms with Crippen molar-refractivity contribution >= 4 is 33.4 Å². The maximum absolute atomic E-state index is 12.1. The van der Waals surface area contributed by atoms with E-state index in [1.807, 2.05) is 19.1 Å². The zero-order valence-electron chi connectivity index (χ0n) is 10.5. The summed E-state index contributed by atoms with van der Waals surface area (Å²) in [7, 11) is 1.63. The standard InChI is InChI=1S/C13H17BrClNO2/c1-9-7-10(14)3-4-12(9)13(17)16-11(8-15)5-6-18-2/h3-4,7,11H,5-6,8H2,1-2H3,(H,16,17). The van der Waals surface area contributed by atoms with Gasteiger partial charge in [-0.3, -0.25) is 4.79 Å². The van der Waals surface area contributed by atoms with Crippen molar-refractivity contribution in [2.75, 3.05) is 19.6 Å². The number of carbonyl (C=O) groups is 1. The number of hydrogen-bond donors (Lipinski definition) is 1. The zero-order chi connectivity index (χ0) is 13.5. The summed E-state index contributed by atoms with van der Waals surface area (Å²) in [6, 6.07) is 5.50. The number of ether oxygens (including phenoxy) is 1. The van der Waals surface area contributed by atoms with Crippen molar-refractivity contribution < 1.29 is 9.53 Å². The van der Waals surface area contributed by atoms with Crippen LogP contribution in [0.5, 0.6) is 0 Å². The van der Waals surface area contributed by atoms with Gasteiger partial charge in [0.15, 0.2) is 0 Å². The number of benzene rings is 1. The first-order chi connectivity index (χ1) is 8.58. The second kappa shape index (κ2) is 7.77. The van der Waals surface area contributed by atoms with Gasteiger partial charge in [-0.2, -0.15) is 0 Å². The number of halogens is 2. The summed E-state index contributed by atoms with van der Waals surface area (Å²) in [5.41, 5.74) is 1.60. The van der Waals surface area contributed by atoms with E-state index < -0.39 is 0 Å². The fourth-order valence-corrected chi connectivity index (χ4v) is 2.30. The maximum Gasteiger partial charge on any atom is 0.251 e. The number of alkyl halides is 1. The summed E-state index contributed by atoms with van der Waals surface area (Å²) in [5.74, 6) is 0.284. The lowest BCUT2D eigenvalue weighted by molar-refractivity contribution is 0.0929. The third-order valence-corrected chi connectivity index (χ3v) is 3.49. The minimum absolute atomic E-state index is 0.0674. The van der Waals surface area contributed by atoms with Crippen molar-refractivity contribution in [3.63, 3.8) is 0 Å². The first-order valence-corrected chi connectivity index (χ1v) is 7.03. The Morgan fingerprint density at radius 3 is 2.83 bits per heavy atom. The Bertz CT molecular complexity index is 412. The summed E-state index contributed by atoms with van der Waals surface area (Å²) in [6.07, 6.45) is 0.710. The van der Waals surface area contributed by atoms with Gasteiger partial charge in [0.1, 0.15) is 0 Å². The lowest BCUT2D eigenvalue weighted by Crippen LogP contribution is -2.37. The zero-order valence-corrected chi connectivity index (χ0v) is 12.8. The summed E-state index contributed by atoms with van der Waals surface area (Å²) in [6.45, 7) is 2.49. The molecule has 0 bridgehead atoms. The number of amides is 1. The first-order valence-electron chi connectivity index (χ1n) is 5.70. The Morgan fingerprint density at radius 1 is 1.56 bits per heavy atom. The van der Waals surface area contributed by atoms with E-state index in [0.717, 1.165) is 10.0 Å². The molecule has 3 nitrogen and oxygen atoms in total. The molecule has 5 heteroatoms. The Morgan fingerprint density at radius 2 is 2.28 bits per heavy atom. The van der Waals surface area contributed by atoms with Gasteiger partial charge < -0.3 is 10.1 Å². The molecule has 1 aromatic rings. The van der Waals surface area contributed by atoms with Crippen LogP contribution >= 0.6 is 27.5 Å². The monoisotopic (exact) mass is 333 g/mol. The van der Waals surface area contributed by atoms with Gasteiger partial charge in [-0.25, -0.2) is 0 Å². The van der Waals surface area contributed by atoms with E-state index in [2.05, 4.69) is 21.2 Å². The van der Waals surface area contributed by atoms with E-state index in [4.69, 9.17) is 16.3 Å². The van der Waals surface area contributed by atoms with Crippen LogP contribution in [0, 0.1) is 6.92 Å². The third kappa shape index (κ3) is 4.59. The smallest absolute Gasteiger partial charge is 0.251 e. The summed E-state index contributed by atoms with van der Waals surface area (Å²) in [5, 5.41) is 2.91. The molecule has 0 spiro atoms. The van der Waals surface area contributed by atoms with Gasteiger partial charge in [0, 0.05) is 35.7 Å². The largest absolute Gasteiger partial charge is 0.385 e. The minimum atomic E-state index is -0.0956. The van der Waals surface area contributed by atoms with Crippen LogP contribution in [-0.2, 0) is 4.74 Å². The van der Waals surface area contributed by atoms with Crippen molar-refractivity contribution in [1.29, 1.82) is 0 Å². The van der Waals surface area contributed by atoms with Gasteiger partial charge >= 0.3 is 0 Å². The number of carbonyl (C=O) groups excluding carboxylic acids is 1. The molecule has 0 aliphatic heterocycles. The van der Waals surface area contributed by atoms with Crippen LogP contribution in [0.1, 0.15) is 22.3 Å². The molecule has 0 saturated carbocycles. The molecule has 0 radical (unpaired) electrons. The molecule has 1 unspecified atom stereocenters. The average molecular weight is 335 g/mol. The molecule has 1 aromatic carbocycles. The molecule has 0 fully saturated rings. The quantitative estimate of drug-likeness (QED) is 0.812. The molecule has 0 saturated heterocycles. The highest BCUT2D eigenvalue weighted by Crippen LogP contribution is 2.16. The molecule has 1 atom stereocenters. The van der Waals surface area contributed by atoms with E-state index in [0.29, 0.717) is 24.5 Å². The van der Waals surface area contributed by atoms with E-state index in [1.165, 1.54) is 0 Å². The SMILES string of the molecule is COCCC(CCl)NC(=O)c1ccc(Br)cc1C. The molecular formula is C13H17BrClNO2. The molecular weight excluding hydrogens is 318 g/mol. The highest BCUT2D eigenvalue weighted by atomic mass is 79.9. The topological polar surface area (TPSA) is 38.3 Å². The van der Waals surface area contributed by atoms with Crippen LogP contribution in [0.2, 0.25) is 0 Å². The molecule has 0 aliphatic rings. The van der Waals surface area contributed by atoms with Gasteiger partial charge in [-0.15, -0.1) is 11.6 Å². The molecule has 100 valence electrons. The summed E-state index contributed by atoms with van der Waals surface area (Å²) >= 11 is 9.20. The summed E-state index contributed by atoms with van der Waals surface area (Å²) in [4.78, 5) is 12.1. The highest BCUT2D eigenvalue weighted by molar-refractivity contribution is 9.10. The summed E-state index contributed by atoms with van der Waals surface area (Å²) < 4.78 is 5.95.